The van der Waals surface area contributed by atoms with Gasteiger partial charge in [-0.3, -0.25) is 4.90 Å². The predicted molar refractivity (Wildman–Crippen MR) is 68.1 cm³/mol. The average molecular weight is 211 g/mol. The lowest BCUT2D eigenvalue weighted by atomic mass is 9.82. The van der Waals surface area contributed by atoms with E-state index in [4.69, 9.17) is 0 Å². The van der Waals surface area contributed by atoms with Gasteiger partial charge >= 0.3 is 0 Å². The first kappa shape index (κ1) is 13.0. The molecule has 1 fully saturated rings. The molecule has 1 heteroatoms. The van der Waals surface area contributed by atoms with Gasteiger partial charge in [0.05, 0.1) is 0 Å². The molecule has 0 aromatic rings. The van der Waals surface area contributed by atoms with Gasteiger partial charge in [0.15, 0.2) is 0 Å². The van der Waals surface area contributed by atoms with Gasteiger partial charge in [0.25, 0.3) is 0 Å². The second kappa shape index (κ2) is 4.86. The lowest BCUT2D eigenvalue weighted by molar-refractivity contribution is 0.0340. The molecule has 1 aliphatic rings. The van der Waals surface area contributed by atoms with Crippen molar-refractivity contribution in [3.05, 3.63) is 0 Å². The minimum Gasteiger partial charge on any atom is -0.298 e. The quantitative estimate of drug-likeness (QED) is 0.686. The Bertz CT molecular complexity index is 186. The van der Waals surface area contributed by atoms with Crippen molar-refractivity contribution in [2.75, 3.05) is 13.1 Å². The van der Waals surface area contributed by atoms with E-state index in [1.54, 1.807) is 0 Å². The zero-order valence-electron chi connectivity index (χ0n) is 11.5. The van der Waals surface area contributed by atoms with Crippen molar-refractivity contribution in [2.24, 2.45) is 17.8 Å². The highest BCUT2D eigenvalue weighted by Crippen LogP contribution is 2.31. The van der Waals surface area contributed by atoms with Gasteiger partial charge in [-0.15, -0.1) is 0 Å². The predicted octanol–water partition coefficient (Wildman–Crippen LogP) is 3.79. The Balaban J connectivity index is 2.50. The van der Waals surface area contributed by atoms with Crippen molar-refractivity contribution >= 4 is 0 Å². The summed E-state index contributed by atoms with van der Waals surface area (Å²) in [6.45, 7) is 16.8. The molecule has 1 saturated heterocycles. The topological polar surface area (TPSA) is 3.24 Å². The first-order valence-corrected chi connectivity index (χ1v) is 6.60. The number of piperidine rings is 1. The summed E-state index contributed by atoms with van der Waals surface area (Å²) in [7, 11) is 0. The Morgan fingerprint density at radius 1 is 1.00 bits per heavy atom. The Kier molecular flexibility index (Phi) is 4.22. The number of likely N-dealkylation sites (tertiary alicyclic amines) is 1. The summed E-state index contributed by atoms with van der Waals surface area (Å²) in [6, 6.07) is 0. The molecule has 0 saturated carbocycles. The van der Waals surface area contributed by atoms with Crippen LogP contribution in [0.1, 0.15) is 54.4 Å². The summed E-state index contributed by atoms with van der Waals surface area (Å²) >= 11 is 0. The summed E-state index contributed by atoms with van der Waals surface area (Å²) in [5.41, 5.74) is 0.377. The molecule has 1 heterocycles. The molecule has 0 atom stereocenters. The van der Waals surface area contributed by atoms with Gasteiger partial charge in [0.2, 0.25) is 0 Å². The molecule has 15 heavy (non-hydrogen) atoms. The molecule has 0 spiro atoms. The van der Waals surface area contributed by atoms with Gasteiger partial charge in [-0.2, -0.15) is 0 Å². The van der Waals surface area contributed by atoms with Crippen LogP contribution in [-0.2, 0) is 0 Å². The molecule has 0 N–H and O–H groups in total. The van der Waals surface area contributed by atoms with Crippen molar-refractivity contribution in [2.45, 2.75) is 59.9 Å². The molecule has 0 aliphatic carbocycles. The molecular formula is C14H29N. The monoisotopic (exact) mass is 211 g/mol. The zero-order chi connectivity index (χ0) is 11.6. The summed E-state index contributed by atoms with van der Waals surface area (Å²) in [6.07, 6.45) is 2.79. The van der Waals surface area contributed by atoms with Crippen molar-refractivity contribution in [3.8, 4) is 0 Å². The van der Waals surface area contributed by atoms with Gasteiger partial charge in [0, 0.05) is 5.54 Å². The third-order valence-corrected chi connectivity index (χ3v) is 4.71. The Hall–Kier alpha value is -0.0400. The van der Waals surface area contributed by atoms with Crippen LogP contribution >= 0.6 is 0 Å². The first-order chi connectivity index (χ1) is 6.85. The molecule has 0 bridgehead atoms. The maximum Gasteiger partial charge on any atom is 0.0176 e. The van der Waals surface area contributed by atoms with Crippen LogP contribution in [0.25, 0.3) is 0 Å². The fourth-order valence-electron chi connectivity index (χ4n) is 2.51. The highest BCUT2D eigenvalue weighted by molar-refractivity contribution is 4.88. The standard InChI is InChI=1S/C14H29N/c1-11(2)13-7-9-15(10-8-13)14(5,6)12(3)4/h11-13H,7-10H2,1-6H3. The number of hydrogen-bond acceptors (Lipinski definition) is 1. The first-order valence-electron chi connectivity index (χ1n) is 6.60. The lowest BCUT2D eigenvalue weighted by Gasteiger charge is -2.46. The second-order valence-corrected chi connectivity index (χ2v) is 6.38. The summed E-state index contributed by atoms with van der Waals surface area (Å²) < 4.78 is 0. The van der Waals surface area contributed by atoms with E-state index in [0.717, 1.165) is 17.8 Å². The molecule has 0 aromatic heterocycles. The summed E-state index contributed by atoms with van der Waals surface area (Å²) in [5, 5.41) is 0. The van der Waals surface area contributed by atoms with Gasteiger partial charge in [-0.1, -0.05) is 27.7 Å². The van der Waals surface area contributed by atoms with Crippen molar-refractivity contribution < 1.29 is 0 Å². The molecule has 0 aromatic carbocycles. The van der Waals surface area contributed by atoms with Gasteiger partial charge < -0.3 is 0 Å². The smallest absolute Gasteiger partial charge is 0.0176 e. The maximum atomic E-state index is 2.69. The molecule has 1 nitrogen and oxygen atoms in total. The SMILES string of the molecule is CC(C)C1CCN(C(C)(C)C(C)C)CC1. The minimum absolute atomic E-state index is 0.377. The fraction of sp³-hybridized carbons (Fsp3) is 1.00. The molecule has 1 rings (SSSR count). The molecule has 0 unspecified atom stereocenters. The van der Waals surface area contributed by atoms with Crippen LogP contribution in [0.2, 0.25) is 0 Å². The molecular weight excluding hydrogens is 182 g/mol. The van der Waals surface area contributed by atoms with Crippen LogP contribution in [0, 0.1) is 17.8 Å². The Morgan fingerprint density at radius 3 is 1.80 bits per heavy atom. The van der Waals surface area contributed by atoms with E-state index in [-0.39, 0.29) is 0 Å². The van der Waals surface area contributed by atoms with Crippen LogP contribution in [0.5, 0.6) is 0 Å². The highest BCUT2D eigenvalue weighted by Gasteiger charge is 2.33. The lowest BCUT2D eigenvalue weighted by Crippen LogP contribution is -2.51. The van der Waals surface area contributed by atoms with Gasteiger partial charge in [-0.05, 0) is 57.5 Å². The van der Waals surface area contributed by atoms with Gasteiger partial charge in [0.1, 0.15) is 0 Å². The van der Waals surface area contributed by atoms with Crippen LogP contribution in [0.4, 0.5) is 0 Å². The van der Waals surface area contributed by atoms with E-state index in [2.05, 4.69) is 46.4 Å². The third-order valence-electron chi connectivity index (χ3n) is 4.71. The van der Waals surface area contributed by atoms with E-state index < -0.39 is 0 Å². The number of nitrogens with zero attached hydrogens (tertiary/aromatic N) is 1. The third kappa shape index (κ3) is 2.96. The van der Waals surface area contributed by atoms with E-state index in [1.807, 2.05) is 0 Å². The largest absolute Gasteiger partial charge is 0.298 e. The van der Waals surface area contributed by atoms with E-state index in [0.29, 0.717) is 5.54 Å². The fourth-order valence-corrected chi connectivity index (χ4v) is 2.51. The van der Waals surface area contributed by atoms with Crippen molar-refractivity contribution in [3.63, 3.8) is 0 Å². The summed E-state index contributed by atoms with van der Waals surface area (Å²) in [4.78, 5) is 2.69. The molecule has 90 valence electrons. The second-order valence-electron chi connectivity index (χ2n) is 6.38. The maximum absolute atomic E-state index is 2.69. The minimum atomic E-state index is 0.377. The van der Waals surface area contributed by atoms with Crippen LogP contribution in [-0.4, -0.2) is 23.5 Å². The number of hydrogen-bond donors (Lipinski definition) is 0. The highest BCUT2D eigenvalue weighted by atomic mass is 15.2. The normalized spacial score (nSPS) is 21.6. The molecule has 1 aliphatic heterocycles. The molecule has 0 radical (unpaired) electrons. The average Bonchev–Trinajstić information content (AvgIpc) is 2.17. The van der Waals surface area contributed by atoms with Crippen LogP contribution in [0.15, 0.2) is 0 Å². The van der Waals surface area contributed by atoms with Crippen molar-refractivity contribution in [1.29, 1.82) is 0 Å². The van der Waals surface area contributed by atoms with E-state index >= 15 is 0 Å². The zero-order valence-corrected chi connectivity index (χ0v) is 11.5. The molecule has 0 amide bonds. The van der Waals surface area contributed by atoms with E-state index in [1.165, 1.54) is 25.9 Å². The Morgan fingerprint density at radius 2 is 1.47 bits per heavy atom. The Labute approximate surface area is 96.2 Å². The van der Waals surface area contributed by atoms with Gasteiger partial charge in [-0.25, -0.2) is 0 Å². The van der Waals surface area contributed by atoms with Crippen LogP contribution in [0.3, 0.4) is 0 Å². The number of rotatable bonds is 3. The summed E-state index contributed by atoms with van der Waals surface area (Å²) in [5.74, 6) is 2.58. The van der Waals surface area contributed by atoms with Crippen molar-refractivity contribution in [1.82, 2.24) is 4.90 Å². The van der Waals surface area contributed by atoms with E-state index in [9.17, 15) is 0 Å². The van der Waals surface area contributed by atoms with Crippen LogP contribution < -0.4 is 0 Å².